The molecule has 0 saturated carbocycles. The molecule has 2 aromatic carbocycles. The Morgan fingerprint density at radius 1 is 0.857 bits per heavy atom. The quantitative estimate of drug-likeness (QED) is 0.201. The summed E-state index contributed by atoms with van der Waals surface area (Å²) in [5.41, 5.74) is 3.58. The van der Waals surface area contributed by atoms with Gasteiger partial charge in [-0.15, -0.1) is 0 Å². The predicted molar refractivity (Wildman–Crippen MR) is 140 cm³/mol. The third-order valence-electron chi connectivity index (χ3n) is 5.59. The molecule has 194 valence electrons. The number of aryl methyl sites for hydroxylation is 2. The molecule has 3 N–H and O–H groups in total. The third-order valence-corrected chi connectivity index (χ3v) is 5.59. The third kappa shape index (κ3) is 13.8. The van der Waals surface area contributed by atoms with Crippen LogP contribution in [0.25, 0.3) is 0 Å². The lowest BCUT2D eigenvalue weighted by atomic mass is 10.0. The molecule has 0 aromatic heterocycles. The van der Waals surface area contributed by atoms with Gasteiger partial charge in [0.1, 0.15) is 25.2 Å². The molecule has 1 unspecified atom stereocenters. The van der Waals surface area contributed by atoms with Gasteiger partial charge in [-0.3, -0.25) is 4.79 Å². The van der Waals surface area contributed by atoms with E-state index in [0.29, 0.717) is 26.4 Å². The molecule has 7 heteroatoms. The van der Waals surface area contributed by atoms with Crippen LogP contribution in [0.2, 0.25) is 0 Å². The van der Waals surface area contributed by atoms with Gasteiger partial charge in [0.25, 0.3) is 0 Å². The number of anilines is 1. The van der Waals surface area contributed by atoms with Crippen molar-refractivity contribution in [2.24, 2.45) is 0 Å². The van der Waals surface area contributed by atoms with Crippen LogP contribution in [0.5, 0.6) is 5.75 Å². The van der Waals surface area contributed by atoms with Crippen molar-refractivity contribution in [2.45, 2.75) is 58.1 Å². The number of aliphatic hydroxyl groups is 1. The van der Waals surface area contributed by atoms with Crippen molar-refractivity contribution in [3.05, 3.63) is 59.7 Å². The van der Waals surface area contributed by atoms with Crippen molar-refractivity contribution < 1.29 is 24.1 Å². The number of hydrogen-bond donors (Lipinski definition) is 3. The molecule has 0 aliphatic heterocycles. The number of nitrogens with one attached hydrogen (secondary N) is 2. The van der Waals surface area contributed by atoms with Crippen LogP contribution >= 0.6 is 0 Å². The monoisotopic (exact) mass is 486 g/mol. The molecule has 0 heterocycles. The van der Waals surface area contributed by atoms with Crippen LogP contribution in [0.4, 0.5) is 5.69 Å². The molecular formula is C28H42N2O5. The van der Waals surface area contributed by atoms with Crippen molar-refractivity contribution in [1.82, 2.24) is 5.32 Å². The van der Waals surface area contributed by atoms with E-state index in [2.05, 4.69) is 41.8 Å². The highest BCUT2D eigenvalue weighted by molar-refractivity contribution is 5.76. The highest BCUT2D eigenvalue weighted by Crippen LogP contribution is 2.17. The maximum Gasteiger partial charge on any atom is 0.245 e. The van der Waals surface area contributed by atoms with Crippen LogP contribution in [-0.4, -0.2) is 57.3 Å². The number of carbonyl (C=O) groups excluding carboxylic acids is 1. The summed E-state index contributed by atoms with van der Waals surface area (Å²) in [6.07, 6.45) is 6.54. The van der Waals surface area contributed by atoms with Gasteiger partial charge in [0.05, 0.1) is 6.61 Å². The molecular weight excluding hydrogens is 444 g/mol. The van der Waals surface area contributed by atoms with Crippen LogP contribution in [0, 0.1) is 6.92 Å². The topological polar surface area (TPSA) is 89.1 Å². The van der Waals surface area contributed by atoms with E-state index in [4.69, 9.17) is 14.2 Å². The summed E-state index contributed by atoms with van der Waals surface area (Å²) in [6.45, 7) is 4.18. The number of hydrogen-bond acceptors (Lipinski definition) is 6. The molecule has 0 aliphatic carbocycles. The first-order valence-electron chi connectivity index (χ1n) is 12.7. The van der Waals surface area contributed by atoms with E-state index in [0.717, 1.165) is 43.5 Å². The number of ether oxygens (including phenoxy) is 3. The minimum atomic E-state index is -0.549. The Kier molecular flexibility index (Phi) is 14.5. The fourth-order valence-corrected chi connectivity index (χ4v) is 3.51. The van der Waals surface area contributed by atoms with Crippen LogP contribution in [-0.2, 0) is 20.7 Å². The van der Waals surface area contributed by atoms with Gasteiger partial charge in [0.15, 0.2) is 0 Å². The smallest absolute Gasteiger partial charge is 0.245 e. The van der Waals surface area contributed by atoms with Gasteiger partial charge in [-0.1, -0.05) is 42.7 Å². The molecule has 35 heavy (non-hydrogen) atoms. The average molecular weight is 487 g/mol. The molecule has 0 fully saturated rings. The second-order valence-corrected chi connectivity index (χ2v) is 8.66. The predicted octanol–water partition coefficient (Wildman–Crippen LogP) is 4.47. The van der Waals surface area contributed by atoms with Crippen molar-refractivity contribution in [1.29, 1.82) is 0 Å². The van der Waals surface area contributed by atoms with Crippen LogP contribution < -0.4 is 15.4 Å². The summed E-state index contributed by atoms with van der Waals surface area (Å²) in [7, 11) is 1.58. The van der Waals surface area contributed by atoms with Crippen molar-refractivity contribution in [2.75, 3.05) is 45.4 Å². The lowest BCUT2D eigenvalue weighted by Gasteiger charge is -2.15. The maximum atomic E-state index is 11.0. The highest BCUT2D eigenvalue weighted by Gasteiger charge is 2.04. The molecule has 0 aliphatic rings. The van der Waals surface area contributed by atoms with E-state index >= 15 is 0 Å². The SMILES string of the molecule is CNC(=O)COCCCOCCOc1ccc(NC(O)CCCCCCc2ccc(C)cc2)cc1. The molecule has 0 spiro atoms. The van der Waals surface area contributed by atoms with E-state index in [1.165, 1.54) is 24.0 Å². The molecule has 1 amide bonds. The van der Waals surface area contributed by atoms with Gasteiger partial charge in [0, 0.05) is 25.9 Å². The number of likely N-dealkylation sites (N-methyl/N-ethyl adjacent to an activating group) is 1. The van der Waals surface area contributed by atoms with Gasteiger partial charge < -0.3 is 30.0 Å². The standard InChI is InChI=1S/C28H42N2O5/c1-23-10-12-24(13-11-23)8-5-3-4-6-9-27(31)30-25-14-16-26(17-15-25)35-21-20-33-18-7-19-34-22-28(32)29-2/h10-17,27,30-31H,3-9,18-22H2,1-2H3,(H,29,32). The number of benzene rings is 2. The zero-order chi connectivity index (χ0) is 25.1. The van der Waals surface area contributed by atoms with Crippen molar-refractivity contribution in [3.63, 3.8) is 0 Å². The van der Waals surface area contributed by atoms with Gasteiger partial charge in [-0.25, -0.2) is 0 Å². The Balaban J connectivity index is 1.46. The van der Waals surface area contributed by atoms with Gasteiger partial charge >= 0.3 is 0 Å². The van der Waals surface area contributed by atoms with Crippen molar-refractivity contribution >= 4 is 11.6 Å². The number of rotatable bonds is 19. The summed E-state index contributed by atoms with van der Waals surface area (Å²) >= 11 is 0. The summed E-state index contributed by atoms with van der Waals surface area (Å²) in [5, 5.41) is 15.9. The van der Waals surface area contributed by atoms with Gasteiger partial charge in [0.2, 0.25) is 5.91 Å². The number of unbranched alkanes of at least 4 members (excludes halogenated alkanes) is 3. The zero-order valence-corrected chi connectivity index (χ0v) is 21.3. The highest BCUT2D eigenvalue weighted by atomic mass is 16.5. The van der Waals surface area contributed by atoms with E-state index in [9.17, 15) is 9.90 Å². The Morgan fingerprint density at radius 3 is 2.31 bits per heavy atom. The molecule has 2 aromatic rings. The Morgan fingerprint density at radius 2 is 1.57 bits per heavy atom. The average Bonchev–Trinajstić information content (AvgIpc) is 2.87. The second kappa shape index (κ2) is 17.8. The zero-order valence-electron chi connectivity index (χ0n) is 21.3. The first kappa shape index (κ1) is 28.6. The Labute approximate surface area is 210 Å². The largest absolute Gasteiger partial charge is 0.491 e. The second-order valence-electron chi connectivity index (χ2n) is 8.66. The van der Waals surface area contributed by atoms with E-state index < -0.39 is 6.23 Å². The fraction of sp³-hybridized carbons (Fsp3) is 0.536. The van der Waals surface area contributed by atoms with E-state index in [1.54, 1.807) is 7.05 Å². The summed E-state index contributed by atoms with van der Waals surface area (Å²) in [4.78, 5) is 11.0. The molecule has 7 nitrogen and oxygen atoms in total. The van der Waals surface area contributed by atoms with E-state index in [1.807, 2.05) is 24.3 Å². The number of carbonyl (C=O) groups is 1. The first-order chi connectivity index (χ1) is 17.1. The van der Waals surface area contributed by atoms with Crippen molar-refractivity contribution in [3.8, 4) is 5.75 Å². The minimum absolute atomic E-state index is 0.0798. The van der Waals surface area contributed by atoms with Gasteiger partial charge in [-0.05, 0) is 68.9 Å². The first-order valence-corrected chi connectivity index (χ1v) is 12.7. The number of amides is 1. The normalized spacial score (nSPS) is 11.7. The summed E-state index contributed by atoms with van der Waals surface area (Å²) in [6, 6.07) is 16.3. The fourth-order valence-electron chi connectivity index (χ4n) is 3.51. The Hall–Kier alpha value is -2.61. The van der Waals surface area contributed by atoms with Crippen LogP contribution in [0.15, 0.2) is 48.5 Å². The van der Waals surface area contributed by atoms with Gasteiger partial charge in [-0.2, -0.15) is 0 Å². The maximum absolute atomic E-state index is 11.0. The Bertz CT molecular complexity index is 811. The molecule has 0 bridgehead atoms. The van der Waals surface area contributed by atoms with Crippen LogP contribution in [0.3, 0.4) is 0 Å². The molecule has 2 rings (SSSR count). The molecule has 0 saturated heterocycles. The summed E-state index contributed by atoms with van der Waals surface area (Å²) < 4.78 is 16.4. The van der Waals surface area contributed by atoms with Crippen LogP contribution in [0.1, 0.15) is 49.7 Å². The molecule has 1 atom stereocenters. The number of aliphatic hydroxyl groups excluding tert-OH is 1. The lowest BCUT2D eigenvalue weighted by molar-refractivity contribution is -0.125. The van der Waals surface area contributed by atoms with E-state index in [-0.39, 0.29) is 12.5 Å². The summed E-state index contributed by atoms with van der Waals surface area (Å²) in [5.74, 6) is 0.631. The molecule has 0 radical (unpaired) electrons. The minimum Gasteiger partial charge on any atom is -0.491 e. The lowest BCUT2D eigenvalue weighted by Crippen LogP contribution is -2.23.